The van der Waals surface area contributed by atoms with Crippen molar-refractivity contribution in [1.82, 2.24) is 0 Å². The molecule has 2 heteroatoms. The van der Waals surface area contributed by atoms with E-state index >= 15 is 0 Å². The van der Waals surface area contributed by atoms with E-state index in [2.05, 4.69) is 12.1 Å². The van der Waals surface area contributed by atoms with Crippen molar-refractivity contribution in [3.63, 3.8) is 0 Å². The number of fused-ring (bicyclic) bond motifs is 2. The van der Waals surface area contributed by atoms with Crippen LogP contribution in [0.4, 0.5) is 0 Å². The summed E-state index contributed by atoms with van der Waals surface area (Å²) in [5.41, 5.74) is 1.33. The highest BCUT2D eigenvalue weighted by Gasteiger charge is 2.34. The Hall–Kier alpha value is -1.02. The summed E-state index contributed by atoms with van der Waals surface area (Å²) < 4.78 is 11.2. The summed E-state index contributed by atoms with van der Waals surface area (Å²) in [4.78, 5) is 0. The van der Waals surface area contributed by atoms with Crippen LogP contribution in [0.2, 0.25) is 0 Å². The Labute approximate surface area is 77.5 Å². The Morgan fingerprint density at radius 2 is 2.15 bits per heavy atom. The minimum atomic E-state index is 0.0231. The lowest BCUT2D eigenvalue weighted by Crippen LogP contribution is -2.29. The number of ether oxygens (including phenoxy) is 2. The second-order valence-electron chi connectivity index (χ2n) is 3.72. The summed E-state index contributed by atoms with van der Waals surface area (Å²) >= 11 is 0. The van der Waals surface area contributed by atoms with Crippen molar-refractivity contribution in [3.8, 4) is 5.75 Å². The van der Waals surface area contributed by atoms with Gasteiger partial charge in [0.25, 0.3) is 0 Å². The van der Waals surface area contributed by atoms with Crippen LogP contribution in [0.15, 0.2) is 24.3 Å². The lowest BCUT2D eigenvalue weighted by Gasteiger charge is -2.27. The highest BCUT2D eigenvalue weighted by atomic mass is 16.7. The zero-order chi connectivity index (χ0) is 8.67. The molecular formula is C11H12O2. The largest absolute Gasteiger partial charge is 0.464 e. The van der Waals surface area contributed by atoms with Crippen molar-refractivity contribution in [2.24, 2.45) is 5.92 Å². The summed E-state index contributed by atoms with van der Waals surface area (Å²) in [5, 5.41) is 0. The van der Waals surface area contributed by atoms with E-state index < -0.39 is 0 Å². The van der Waals surface area contributed by atoms with E-state index in [4.69, 9.17) is 9.47 Å². The fourth-order valence-electron chi connectivity index (χ4n) is 2.13. The molecule has 2 nitrogen and oxygen atoms in total. The molecule has 1 aromatic rings. The molecule has 13 heavy (non-hydrogen) atoms. The van der Waals surface area contributed by atoms with Crippen LogP contribution in [-0.2, 0) is 11.2 Å². The molecule has 0 radical (unpaired) electrons. The van der Waals surface area contributed by atoms with Crippen molar-refractivity contribution in [2.45, 2.75) is 19.1 Å². The minimum absolute atomic E-state index is 0.0231. The monoisotopic (exact) mass is 176 g/mol. The smallest absolute Gasteiger partial charge is 0.203 e. The highest BCUT2D eigenvalue weighted by Crippen LogP contribution is 2.35. The van der Waals surface area contributed by atoms with Crippen molar-refractivity contribution < 1.29 is 9.47 Å². The van der Waals surface area contributed by atoms with Crippen LogP contribution in [-0.4, -0.2) is 12.9 Å². The second-order valence-corrected chi connectivity index (χ2v) is 3.72. The van der Waals surface area contributed by atoms with E-state index in [0.29, 0.717) is 5.92 Å². The van der Waals surface area contributed by atoms with Gasteiger partial charge in [0.1, 0.15) is 5.75 Å². The predicted octanol–water partition coefficient (Wildman–Crippen LogP) is 1.98. The van der Waals surface area contributed by atoms with Crippen LogP contribution in [0.3, 0.4) is 0 Å². The van der Waals surface area contributed by atoms with Crippen molar-refractivity contribution in [1.29, 1.82) is 0 Å². The van der Waals surface area contributed by atoms with E-state index in [9.17, 15) is 0 Å². The standard InChI is InChI=1S/C11H12O2/c1-2-4-10-8(3-1)7-9-5-6-12-11(9)13-10/h1-4,9,11H,5-7H2/t9-,11-/m1/s1. The van der Waals surface area contributed by atoms with Gasteiger partial charge in [-0.1, -0.05) is 18.2 Å². The Balaban J connectivity index is 1.97. The number of rotatable bonds is 0. The van der Waals surface area contributed by atoms with Crippen molar-refractivity contribution in [3.05, 3.63) is 29.8 Å². The van der Waals surface area contributed by atoms with Gasteiger partial charge in [0, 0.05) is 5.92 Å². The zero-order valence-electron chi connectivity index (χ0n) is 7.40. The molecule has 0 amide bonds. The Bertz CT molecular complexity index is 291. The number of hydrogen-bond acceptors (Lipinski definition) is 2. The van der Waals surface area contributed by atoms with Gasteiger partial charge < -0.3 is 9.47 Å². The fourth-order valence-corrected chi connectivity index (χ4v) is 2.13. The molecule has 0 aromatic heterocycles. The molecule has 1 saturated heterocycles. The predicted molar refractivity (Wildman–Crippen MR) is 48.6 cm³/mol. The van der Waals surface area contributed by atoms with Gasteiger partial charge >= 0.3 is 0 Å². The molecule has 0 unspecified atom stereocenters. The van der Waals surface area contributed by atoms with E-state index in [0.717, 1.165) is 25.2 Å². The normalized spacial score (nSPS) is 30.5. The minimum Gasteiger partial charge on any atom is -0.464 e. The Morgan fingerprint density at radius 1 is 1.23 bits per heavy atom. The average molecular weight is 176 g/mol. The molecular weight excluding hydrogens is 164 g/mol. The van der Waals surface area contributed by atoms with Gasteiger partial charge in [0.15, 0.2) is 0 Å². The van der Waals surface area contributed by atoms with Gasteiger partial charge in [-0.05, 0) is 24.5 Å². The zero-order valence-corrected chi connectivity index (χ0v) is 7.40. The highest BCUT2D eigenvalue weighted by molar-refractivity contribution is 5.35. The molecule has 2 heterocycles. The Kier molecular flexibility index (Phi) is 1.56. The molecule has 0 N–H and O–H groups in total. The first-order valence-electron chi connectivity index (χ1n) is 4.79. The van der Waals surface area contributed by atoms with E-state index in [1.54, 1.807) is 0 Å². The summed E-state index contributed by atoms with van der Waals surface area (Å²) in [6, 6.07) is 8.24. The van der Waals surface area contributed by atoms with Crippen LogP contribution in [0.25, 0.3) is 0 Å². The molecule has 68 valence electrons. The van der Waals surface area contributed by atoms with Gasteiger partial charge in [-0.25, -0.2) is 0 Å². The molecule has 1 fully saturated rings. The third kappa shape index (κ3) is 1.13. The Morgan fingerprint density at radius 3 is 3.15 bits per heavy atom. The molecule has 2 atom stereocenters. The topological polar surface area (TPSA) is 18.5 Å². The van der Waals surface area contributed by atoms with E-state index in [-0.39, 0.29) is 6.29 Å². The van der Waals surface area contributed by atoms with Gasteiger partial charge in [-0.2, -0.15) is 0 Å². The van der Waals surface area contributed by atoms with Gasteiger partial charge in [0.2, 0.25) is 6.29 Å². The molecule has 3 rings (SSSR count). The maximum absolute atomic E-state index is 5.73. The van der Waals surface area contributed by atoms with Crippen molar-refractivity contribution >= 4 is 0 Å². The third-order valence-electron chi connectivity index (χ3n) is 2.85. The lowest BCUT2D eigenvalue weighted by molar-refractivity contribution is -0.0698. The van der Waals surface area contributed by atoms with E-state index in [1.165, 1.54) is 5.56 Å². The van der Waals surface area contributed by atoms with Crippen LogP contribution in [0.1, 0.15) is 12.0 Å². The second kappa shape index (κ2) is 2.74. The SMILES string of the molecule is c1ccc2c(c1)C[C@H]1CCO[C@@H]1O2. The number of benzene rings is 1. The lowest BCUT2D eigenvalue weighted by atomic mass is 9.94. The molecule has 0 aliphatic carbocycles. The fraction of sp³-hybridized carbons (Fsp3) is 0.455. The maximum Gasteiger partial charge on any atom is 0.203 e. The van der Waals surface area contributed by atoms with Gasteiger partial charge in [-0.15, -0.1) is 0 Å². The summed E-state index contributed by atoms with van der Waals surface area (Å²) in [7, 11) is 0. The average Bonchev–Trinajstić information content (AvgIpc) is 2.61. The quantitative estimate of drug-likeness (QED) is 0.601. The molecule has 1 aromatic carbocycles. The summed E-state index contributed by atoms with van der Waals surface area (Å²) in [6.45, 7) is 0.851. The van der Waals surface area contributed by atoms with Crippen LogP contribution >= 0.6 is 0 Å². The summed E-state index contributed by atoms with van der Waals surface area (Å²) in [5.74, 6) is 1.58. The number of para-hydroxylation sites is 1. The molecule has 2 aliphatic heterocycles. The number of hydrogen-bond donors (Lipinski definition) is 0. The first-order valence-corrected chi connectivity index (χ1v) is 4.79. The molecule has 0 bridgehead atoms. The third-order valence-corrected chi connectivity index (χ3v) is 2.85. The first kappa shape index (κ1) is 7.39. The maximum atomic E-state index is 5.73. The molecule has 0 saturated carbocycles. The van der Waals surface area contributed by atoms with E-state index in [1.807, 2.05) is 12.1 Å². The van der Waals surface area contributed by atoms with Gasteiger partial charge in [0.05, 0.1) is 6.61 Å². The molecule has 2 aliphatic rings. The van der Waals surface area contributed by atoms with Crippen molar-refractivity contribution in [2.75, 3.05) is 6.61 Å². The molecule has 0 spiro atoms. The first-order chi connectivity index (χ1) is 6.43. The van der Waals surface area contributed by atoms with Gasteiger partial charge in [-0.3, -0.25) is 0 Å². The van der Waals surface area contributed by atoms with Crippen LogP contribution in [0, 0.1) is 5.92 Å². The summed E-state index contributed by atoms with van der Waals surface area (Å²) in [6.07, 6.45) is 2.27. The van der Waals surface area contributed by atoms with Crippen LogP contribution in [0.5, 0.6) is 5.75 Å². The van der Waals surface area contributed by atoms with Crippen LogP contribution < -0.4 is 4.74 Å².